The Hall–Kier alpha value is -2.50. The van der Waals surface area contributed by atoms with Gasteiger partial charge in [0.05, 0.1) is 0 Å². The van der Waals surface area contributed by atoms with Gasteiger partial charge >= 0.3 is 0 Å². The zero-order chi connectivity index (χ0) is 25.0. The summed E-state index contributed by atoms with van der Waals surface area (Å²) in [6.07, 6.45) is 0. The van der Waals surface area contributed by atoms with Gasteiger partial charge in [0.2, 0.25) is 0 Å². The van der Waals surface area contributed by atoms with E-state index < -0.39 is 22.4 Å². The molecule has 0 aliphatic heterocycles. The van der Waals surface area contributed by atoms with E-state index in [-0.39, 0.29) is 0 Å². The molecule has 4 nitrogen and oxygen atoms in total. The highest BCUT2D eigenvalue weighted by Crippen LogP contribution is 2.35. The summed E-state index contributed by atoms with van der Waals surface area (Å²) in [6, 6.07) is 28.3. The molecule has 0 N–H and O–H groups in total. The average molecular weight is 463 g/mol. The van der Waals surface area contributed by atoms with E-state index in [4.69, 9.17) is 19.6 Å². The van der Waals surface area contributed by atoms with Crippen molar-refractivity contribution in [3.63, 3.8) is 0 Å². The lowest BCUT2D eigenvalue weighted by Gasteiger charge is -2.33. The summed E-state index contributed by atoms with van der Waals surface area (Å²) in [6.45, 7) is 16.0. The fourth-order valence-electron chi connectivity index (χ4n) is 3.56. The monoisotopic (exact) mass is 462 g/mol. The molecule has 0 aromatic heterocycles. The molecule has 0 atom stereocenters. The maximum absolute atomic E-state index is 6.00. The molecule has 182 valence electrons. The van der Waals surface area contributed by atoms with Crippen LogP contribution < -0.4 is 0 Å². The van der Waals surface area contributed by atoms with Gasteiger partial charge in [0.25, 0.3) is 0 Å². The minimum Gasteiger partial charge on any atom is -0.225 e. The molecule has 3 aromatic rings. The van der Waals surface area contributed by atoms with Crippen molar-refractivity contribution in [2.24, 2.45) is 0 Å². The van der Waals surface area contributed by atoms with Gasteiger partial charge in [-0.15, -0.1) is 0 Å². The van der Waals surface area contributed by atoms with E-state index in [9.17, 15) is 0 Å². The Morgan fingerprint density at radius 3 is 0.941 bits per heavy atom. The first-order valence-electron chi connectivity index (χ1n) is 11.8. The molecular formula is C30H38O4. The molecule has 0 unspecified atom stereocenters. The first-order chi connectivity index (χ1) is 15.8. The topological polar surface area (TPSA) is 36.9 Å². The largest absolute Gasteiger partial charge is 0.225 e. The van der Waals surface area contributed by atoms with Crippen LogP contribution in [0.3, 0.4) is 0 Å². The van der Waals surface area contributed by atoms with Crippen LogP contribution >= 0.6 is 0 Å². The van der Waals surface area contributed by atoms with Crippen LogP contribution in [-0.2, 0) is 42.0 Å². The molecule has 0 saturated heterocycles. The number of benzene rings is 3. The quantitative estimate of drug-likeness (QED) is 0.226. The van der Waals surface area contributed by atoms with Gasteiger partial charge in [-0.2, -0.15) is 0 Å². The SMILES string of the molecule is CC(C)(OOC(C)(C)c1cccc(C(C)(C)OOC(C)(C)c2ccccc2)c1)c1ccccc1. The van der Waals surface area contributed by atoms with Crippen LogP contribution in [0.1, 0.15) is 77.6 Å². The second-order valence-corrected chi connectivity index (χ2v) is 10.7. The lowest BCUT2D eigenvalue weighted by atomic mass is 9.91. The molecule has 0 fully saturated rings. The standard InChI is InChI=1S/C30H38O4/c1-27(2,23-16-11-9-12-17-23)31-33-29(5,6)25-20-15-21-26(22-25)30(7,8)34-32-28(3,4)24-18-13-10-14-19-24/h9-22H,1-8H3. The molecule has 0 saturated carbocycles. The number of hydrogen-bond donors (Lipinski definition) is 0. The van der Waals surface area contributed by atoms with E-state index in [0.717, 1.165) is 22.3 Å². The van der Waals surface area contributed by atoms with Crippen LogP contribution in [-0.4, -0.2) is 0 Å². The van der Waals surface area contributed by atoms with Gasteiger partial charge in [-0.1, -0.05) is 78.9 Å². The van der Waals surface area contributed by atoms with Crippen molar-refractivity contribution in [1.29, 1.82) is 0 Å². The van der Waals surface area contributed by atoms with Crippen LogP contribution in [0.4, 0.5) is 0 Å². The van der Waals surface area contributed by atoms with E-state index in [1.165, 1.54) is 0 Å². The minimum atomic E-state index is -0.678. The van der Waals surface area contributed by atoms with Gasteiger partial charge in [-0.25, -0.2) is 19.6 Å². The van der Waals surface area contributed by atoms with Gasteiger partial charge in [0, 0.05) is 0 Å². The molecule has 0 bridgehead atoms. The summed E-state index contributed by atoms with van der Waals surface area (Å²) >= 11 is 0. The molecule has 0 heterocycles. The first-order valence-corrected chi connectivity index (χ1v) is 11.8. The van der Waals surface area contributed by atoms with Crippen molar-refractivity contribution in [3.8, 4) is 0 Å². The fraction of sp³-hybridized carbons (Fsp3) is 0.400. The Balaban J connectivity index is 1.72. The van der Waals surface area contributed by atoms with E-state index >= 15 is 0 Å². The molecule has 0 aliphatic carbocycles. The summed E-state index contributed by atoms with van der Waals surface area (Å²) in [7, 11) is 0. The molecule has 34 heavy (non-hydrogen) atoms. The smallest absolute Gasteiger partial charge is 0.123 e. The summed E-state index contributed by atoms with van der Waals surface area (Å²) in [5.41, 5.74) is 1.52. The van der Waals surface area contributed by atoms with Crippen LogP contribution in [0.2, 0.25) is 0 Å². The van der Waals surface area contributed by atoms with Crippen molar-refractivity contribution in [3.05, 3.63) is 107 Å². The highest BCUT2D eigenvalue weighted by atomic mass is 17.2. The molecular weight excluding hydrogens is 424 g/mol. The molecule has 0 amide bonds. The Kier molecular flexibility index (Phi) is 7.69. The van der Waals surface area contributed by atoms with Gasteiger partial charge in [-0.05, 0) is 83.7 Å². The van der Waals surface area contributed by atoms with Crippen LogP contribution in [0.15, 0.2) is 84.9 Å². The number of rotatable bonds is 10. The van der Waals surface area contributed by atoms with E-state index in [1.807, 2.05) is 134 Å². The van der Waals surface area contributed by atoms with Crippen molar-refractivity contribution in [2.75, 3.05) is 0 Å². The third-order valence-electron chi connectivity index (χ3n) is 6.11. The van der Waals surface area contributed by atoms with Crippen molar-refractivity contribution in [1.82, 2.24) is 0 Å². The van der Waals surface area contributed by atoms with Crippen LogP contribution in [0.25, 0.3) is 0 Å². The molecule has 0 spiro atoms. The predicted octanol–water partition coefficient (Wildman–Crippen LogP) is 7.92. The lowest BCUT2D eigenvalue weighted by molar-refractivity contribution is -0.411. The Morgan fingerprint density at radius 1 is 0.353 bits per heavy atom. The summed E-state index contributed by atoms with van der Waals surface area (Å²) in [5.74, 6) is 0. The molecule has 0 aliphatic rings. The normalized spacial score (nSPS) is 13.2. The maximum atomic E-state index is 6.00. The summed E-state index contributed by atoms with van der Waals surface area (Å²) in [4.78, 5) is 23.9. The minimum absolute atomic E-state index is 0.588. The second kappa shape index (κ2) is 10.0. The second-order valence-electron chi connectivity index (χ2n) is 10.7. The number of hydrogen-bond acceptors (Lipinski definition) is 4. The third kappa shape index (κ3) is 6.34. The summed E-state index contributed by atoms with van der Waals surface area (Å²) < 4.78 is 0. The van der Waals surface area contributed by atoms with Gasteiger partial charge in [0.1, 0.15) is 22.4 Å². The van der Waals surface area contributed by atoms with Crippen LogP contribution in [0, 0.1) is 0 Å². The van der Waals surface area contributed by atoms with Gasteiger partial charge < -0.3 is 0 Å². The zero-order valence-electron chi connectivity index (χ0n) is 21.7. The Bertz CT molecular complexity index is 971. The Labute approximate surface area is 204 Å². The van der Waals surface area contributed by atoms with Crippen molar-refractivity contribution in [2.45, 2.75) is 77.8 Å². The third-order valence-corrected chi connectivity index (χ3v) is 6.11. The van der Waals surface area contributed by atoms with Crippen molar-refractivity contribution >= 4 is 0 Å². The zero-order valence-corrected chi connectivity index (χ0v) is 21.7. The molecule has 3 aromatic carbocycles. The van der Waals surface area contributed by atoms with E-state index in [0.29, 0.717) is 0 Å². The molecule has 0 radical (unpaired) electrons. The van der Waals surface area contributed by atoms with Gasteiger partial charge in [0.15, 0.2) is 0 Å². The average Bonchev–Trinajstić information content (AvgIpc) is 2.83. The van der Waals surface area contributed by atoms with Crippen molar-refractivity contribution < 1.29 is 19.6 Å². The fourth-order valence-corrected chi connectivity index (χ4v) is 3.56. The highest BCUT2D eigenvalue weighted by molar-refractivity contribution is 5.31. The highest BCUT2D eigenvalue weighted by Gasteiger charge is 2.33. The van der Waals surface area contributed by atoms with Gasteiger partial charge in [-0.3, -0.25) is 0 Å². The van der Waals surface area contributed by atoms with E-state index in [2.05, 4.69) is 6.07 Å². The predicted molar refractivity (Wildman–Crippen MR) is 136 cm³/mol. The van der Waals surface area contributed by atoms with E-state index in [1.54, 1.807) is 0 Å². The maximum Gasteiger partial charge on any atom is 0.123 e. The summed E-state index contributed by atoms with van der Waals surface area (Å²) in [5, 5.41) is 0. The van der Waals surface area contributed by atoms with Crippen LogP contribution in [0.5, 0.6) is 0 Å². The molecule has 4 heteroatoms. The molecule has 3 rings (SSSR count). The lowest BCUT2D eigenvalue weighted by Crippen LogP contribution is -2.31. The Morgan fingerprint density at radius 2 is 0.618 bits per heavy atom. The first kappa shape index (κ1) is 26.1.